The van der Waals surface area contributed by atoms with Gasteiger partial charge in [-0.2, -0.15) is 0 Å². The molecule has 1 aromatic heterocycles. The summed E-state index contributed by atoms with van der Waals surface area (Å²) in [7, 11) is 0. The van der Waals surface area contributed by atoms with Crippen molar-refractivity contribution in [1.82, 2.24) is 14.9 Å². The number of carbonyl (C=O) groups is 1. The Bertz CT molecular complexity index is 531. The molecule has 0 atom stereocenters. The molecule has 1 saturated heterocycles. The minimum absolute atomic E-state index is 0.145. The van der Waals surface area contributed by atoms with Crippen molar-refractivity contribution >= 4 is 35.1 Å². The van der Waals surface area contributed by atoms with Crippen LogP contribution in [0.4, 0.5) is 5.82 Å². The molecule has 134 valence electrons. The van der Waals surface area contributed by atoms with Crippen LogP contribution in [0.25, 0.3) is 0 Å². The van der Waals surface area contributed by atoms with Crippen LogP contribution in [0, 0.1) is 0 Å². The number of nitrogens with zero attached hydrogens (tertiary/aromatic N) is 4. The summed E-state index contributed by atoms with van der Waals surface area (Å²) in [6.07, 6.45) is 5.60. The molecule has 5 nitrogen and oxygen atoms in total. The number of hydrogen-bond donors (Lipinski definition) is 0. The van der Waals surface area contributed by atoms with Gasteiger partial charge >= 0.3 is 0 Å². The molecule has 0 N–H and O–H groups in total. The van der Waals surface area contributed by atoms with Crippen LogP contribution < -0.4 is 4.90 Å². The SMILES string of the molecule is CCCN(CCC)C(=O)CSc1nc(Cl)cc(N2CCCCC2)n1. The lowest BCUT2D eigenvalue weighted by atomic mass is 10.1. The molecule has 2 rings (SSSR count). The summed E-state index contributed by atoms with van der Waals surface area (Å²) >= 11 is 7.54. The number of aromatic nitrogens is 2. The Kier molecular flexibility index (Phi) is 8.12. The third-order valence-electron chi connectivity index (χ3n) is 4.01. The fourth-order valence-corrected chi connectivity index (χ4v) is 3.84. The fourth-order valence-electron chi connectivity index (χ4n) is 2.85. The molecular formula is C17H27ClN4OS. The Morgan fingerprint density at radius 3 is 2.50 bits per heavy atom. The van der Waals surface area contributed by atoms with E-state index in [0.29, 0.717) is 16.1 Å². The van der Waals surface area contributed by atoms with Gasteiger partial charge in [-0.1, -0.05) is 37.2 Å². The molecule has 0 unspecified atom stereocenters. The predicted octanol–water partition coefficient (Wildman–Crippen LogP) is 3.86. The summed E-state index contributed by atoms with van der Waals surface area (Å²) in [5, 5.41) is 1.03. The Hall–Kier alpha value is -1.01. The summed E-state index contributed by atoms with van der Waals surface area (Å²) in [5.74, 6) is 1.38. The van der Waals surface area contributed by atoms with Crippen molar-refractivity contribution in [2.24, 2.45) is 0 Å². The highest BCUT2D eigenvalue weighted by Gasteiger charge is 2.16. The van der Waals surface area contributed by atoms with Crippen LogP contribution >= 0.6 is 23.4 Å². The Balaban J connectivity index is 1.98. The van der Waals surface area contributed by atoms with Crippen LogP contribution in [0.5, 0.6) is 0 Å². The predicted molar refractivity (Wildman–Crippen MR) is 101 cm³/mol. The fraction of sp³-hybridized carbons (Fsp3) is 0.706. The Morgan fingerprint density at radius 2 is 1.88 bits per heavy atom. The van der Waals surface area contributed by atoms with Crippen molar-refractivity contribution in [3.63, 3.8) is 0 Å². The second-order valence-corrected chi connectivity index (χ2v) is 7.38. The highest BCUT2D eigenvalue weighted by molar-refractivity contribution is 7.99. The first-order chi connectivity index (χ1) is 11.6. The zero-order valence-electron chi connectivity index (χ0n) is 14.6. The third kappa shape index (κ3) is 5.81. The number of hydrogen-bond acceptors (Lipinski definition) is 5. The van der Waals surface area contributed by atoms with Gasteiger partial charge in [0.15, 0.2) is 5.16 Å². The Labute approximate surface area is 154 Å². The van der Waals surface area contributed by atoms with E-state index in [1.165, 1.54) is 31.0 Å². The van der Waals surface area contributed by atoms with Crippen molar-refractivity contribution in [3.8, 4) is 0 Å². The van der Waals surface area contributed by atoms with Crippen LogP contribution in [0.1, 0.15) is 46.0 Å². The maximum absolute atomic E-state index is 12.4. The average Bonchev–Trinajstić information content (AvgIpc) is 2.60. The van der Waals surface area contributed by atoms with Gasteiger partial charge < -0.3 is 9.80 Å². The standard InChI is InChI=1S/C17H27ClN4OS/c1-3-8-22(9-4-2)16(23)13-24-17-19-14(18)12-15(20-17)21-10-6-5-7-11-21/h12H,3-11,13H2,1-2H3. The molecule has 0 radical (unpaired) electrons. The normalized spacial score (nSPS) is 14.7. The lowest BCUT2D eigenvalue weighted by Crippen LogP contribution is -2.34. The van der Waals surface area contributed by atoms with Crippen LogP contribution in [-0.2, 0) is 4.79 Å². The lowest BCUT2D eigenvalue weighted by molar-refractivity contribution is -0.128. The molecule has 1 fully saturated rings. The summed E-state index contributed by atoms with van der Waals surface area (Å²) in [6.45, 7) is 7.82. The third-order valence-corrected chi connectivity index (χ3v) is 5.03. The highest BCUT2D eigenvalue weighted by atomic mass is 35.5. The van der Waals surface area contributed by atoms with Crippen LogP contribution in [0.3, 0.4) is 0 Å². The number of carbonyl (C=O) groups excluding carboxylic acids is 1. The van der Waals surface area contributed by atoms with Crippen LogP contribution in [-0.4, -0.2) is 52.7 Å². The van der Waals surface area contributed by atoms with E-state index in [-0.39, 0.29) is 5.91 Å². The van der Waals surface area contributed by atoms with Crippen molar-refractivity contribution < 1.29 is 4.79 Å². The monoisotopic (exact) mass is 370 g/mol. The lowest BCUT2D eigenvalue weighted by Gasteiger charge is -2.27. The molecule has 0 spiro atoms. The van der Waals surface area contributed by atoms with E-state index < -0.39 is 0 Å². The van der Waals surface area contributed by atoms with Crippen molar-refractivity contribution in [3.05, 3.63) is 11.2 Å². The highest BCUT2D eigenvalue weighted by Crippen LogP contribution is 2.24. The average molecular weight is 371 g/mol. The number of anilines is 1. The smallest absolute Gasteiger partial charge is 0.233 e. The number of rotatable bonds is 8. The summed E-state index contributed by atoms with van der Waals surface area (Å²) in [4.78, 5) is 25.4. The first-order valence-electron chi connectivity index (χ1n) is 8.84. The number of amides is 1. The van der Waals surface area contributed by atoms with Gasteiger partial charge in [0.2, 0.25) is 5.91 Å². The van der Waals surface area contributed by atoms with E-state index >= 15 is 0 Å². The first kappa shape index (κ1) is 19.3. The number of halogens is 1. The maximum atomic E-state index is 12.4. The molecule has 1 aromatic rings. The summed E-state index contributed by atoms with van der Waals surface area (Å²) in [5.41, 5.74) is 0. The molecular weight excluding hydrogens is 344 g/mol. The number of thioether (sulfide) groups is 1. The molecule has 0 bridgehead atoms. The molecule has 1 amide bonds. The Morgan fingerprint density at radius 1 is 1.21 bits per heavy atom. The van der Waals surface area contributed by atoms with E-state index in [1.807, 2.05) is 11.0 Å². The van der Waals surface area contributed by atoms with E-state index in [1.54, 1.807) is 0 Å². The number of piperidine rings is 1. The second-order valence-electron chi connectivity index (χ2n) is 6.05. The molecule has 1 aliphatic rings. The first-order valence-corrected chi connectivity index (χ1v) is 10.2. The minimum Gasteiger partial charge on any atom is -0.356 e. The van der Waals surface area contributed by atoms with Crippen molar-refractivity contribution in [2.75, 3.05) is 36.8 Å². The minimum atomic E-state index is 0.145. The largest absolute Gasteiger partial charge is 0.356 e. The van der Waals surface area contributed by atoms with Gasteiger partial charge in [0, 0.05) is 32.2 Å². The van der Waals surface area contributed by atoms with Gasteiger partial charge in [-0.3, -0.25) is 4.79 Å². The van der Waals surface area contributed by atoms with Crippen molar-refractivity contribution in [1.29, 1.82) is 0 Å². The van der Waals surface area contributed by atoms with E-state index in [9.17, 15) is 4.79 Å². The van der Waals surface area contributed by atoms with E-state index in [0.717, 1.165) is 44.8 Å². The van der Waals surface area contributed by atoms with Gasteiger partial charge in [-0.25, -0.2) is 9.97 Å². The van der Waals surface area contributed by atoms with E-state index in [4.69, 9.17) is 11.6 Å². The van der Waals surface area contributed by atoms with Crippen LogP contribution in [0.2, 0.25) is 5.15 Å². The molecule has 0 saturated carbocycles. The quantitative estimate of drug-likeness (QED) is 0.395. The zero-order valence-corrected chi connectivity index (χ0v) is 16.2. The van der Waals surface area contributed by atoms with Gasteiger partial charge in [-0.15, -0.1) is 0 Å². The van der Waals surface area contributed by atoms with Crippen LogP contribution in [0.15, 0.2) is 11.2 Å². The molecule has 2 heterocycles. The molecule has 7 heteroatoms. The second kappa shape index (κ2) is 10.1. The zero-order chi connectivity index (χ0) is 17.4. The summed E-state index contributed by atoms with van der Waals surface area (Å²) in [6, 6.07) is 1.82. The van der Waals surface area contributed by atoms with Gasteiger partial charge in [-0.05, 0) is 32.1 Å². The molecule has 1 aliphatic heterocycles. The summed E-state index contributed by atoms with van der Waals surface area (Å²) < 4.78 is 0. The molecule has 24 heavy (non-hydrogen) atoms. The van der Waals surface area contributed by atoms with Crippen molar-refractivity contribution in [2.45, 2.75) is 51.1 Å². The molecule has 0 aromatic carbocycles. The van der Waals surface area contributed by atoms with E-state index in [2.05, 4.69) is 28.7 Å². The van der Waals surface area contributed by atoms with Gasteiger partial charge in [0.1, 0.15) is 11.0 Å². The maximum Gasteiger partial charge on any atom is 0.233 e. The topological polar surface area (TPSA) is 49.3 Å². The van der Waals surface area contributed by atoms with Gasteiger partial charge in [0.05, 0.1) is 5.75 Å². The molecule has 0 aliphatic carbocycles. The van der Waals surface area contributed by atoms with Gasteiger partial charge in [0.25, 0.3) is 0 Å².